The first-order valence-corrected chi connectivity index (χ1v) is 9.72. The fourth-order valence-corrected chi connectivity index (χ4v) is 2.51. The lowest BCUT2D eigenvalue weighted by Crippen LogP contribution is -2.29. The van der Waals surface area contributed by atoms with Crippen molar-refractivity contribution in [3.63, 3.8) is 0 Å². The van der Waals surface area contributed by atoms with Crippen LogP contribution in [0.3, 0.4) is 0 Å². The molecule has 1 atom stereocenters. The van der Waals surface area contributed by atoms with Crippen LogP contribution in [0.5, 0.6) is 11.5 Å². The van der Waals surface area contributed by atoms with Gasteiger partial charge in [0, 0.05) is 24.7 Å². The summed E-state index contributed by atoms with van der Waals surface area (Å²) in [5, 5.41) is 13.6. The van der Waals surface area contributed by atoms with Gasteiger partial charge in [-0.15, -0.1) is 0 Å². The van der Waals surface area contributed by atoms with E-state index in [0.29, 0.717) is 0 Å². The summed E-state index contributed by atoms with van der Waals surface area (Å²) < 4.78 is 16.6. The number of para-hydroxylation sites is 1. The van der Waals surface area contributed by atoms with Gasteiger partial charge in [-0.1, -0.05) is 12.1 Å². The molecular formula is C22H26N2O7. The van der Waals surface area contributed by atoms with Gasteiger partial charge in [0.05, 0.1) is 22.5 Å². The second-order valence-electron chi connectivity index (χ2n) is 7.67. The van der Waals surface area contributed by atoms with Crippen molar-refractivity contribution in [1.82, 2.24) is 0 Å². The van der Waals surface area contributed by atoms with Crippen molar-refractivity contribution in [3.05, 3.63) is 58.1 Å². The van der Waals surface area contributed by atoms with Crippen molar-refractivity contribution >= 4 is 23.3 Å². The van der Waals surface area contributed by atoms with E-state index in [1.165, 1.54) is 24.3 Å². The first-order valence-electron chi connectivity index (χ1n) is 9.72. The molecule has 9 nitrogen and oxygen atoms in total. The summed E-state index contributed by atoms with van der Waals surface area (Å²) in [5.74, 6) is -0.569. The minimum Gasteiger partial charge on any atom is -0.489 e. The zero-order valence-electron chi connectivity index (χ0n) is 18.1. The van der Waals surface area contributed by atoms with Gasteiger partial charge in [-0.3, -0.25) is 19.7 Å². The molecule has 1 unspecified atom stereocenters. The molecule has 0 aliphatic heterocycles. The fraction of sp³-hybridized carbons (Fsp3) is 0.364. The molecule has 2 aromatic carbocycles. The number of hydrogen-bond acceptors (Lipinski definition) is 7. The molecule has 9 heteroatoms. The first-order chi connectivity index (χ1) is 14.5. The van der Waals surface area contributed by atoms with Crippen molar-refractivity contribution in [2.75, 3.05) is 11.9 Å². The van der Waals surface area contributed by atoms with Crippen LogP contribution in [0.15, 0.2) is 42.5 Å². The van der Waals surface area contributed by atoms with Crippen LogP contribution in [-0.2, 0) is 9.53 Å². The molecule has 31 heavy (non-hydrogen) atoms. The number of nitro benzene ring substituents is 1. The summed E-state index contributed by atoms with van der Waals surface area (Å²) in [7, 11) is 0. The highest BCUT2D eigenvalue weighted by atomic mass is 16.7. The molecular weight excluding hydrogens is 404 g/mol. The molecule has 0 saturated heterocycles. The zero-order chi connectivity index (χ0) is 23.2. The van der Waals surface area contributed by atoms with Gasteiger partial charge in [0.2, 0.25) is 6.29 Å². The number of ether oxygens (including phenoxy) is 3. The largest absolute Gasteiger partial charge is 0.489 e. The van der Waals surface area contributed by atoms with Crippen molar-refractivity contribution in [3.8, 4) is 11.5 Å². The lowest BCUT2D eigenvalue weighted by atomic mass is 9.97. The average molecular weight is 430 g/mol. The SMILES string of the molecule is CCOc1c(OC(C)OC(=O)C(C)(C)C)cccc1C(=O)Nc1cccc([N+](=O)[O-])c1. The highest BCUT2D eigenvalue weighted by molar-refractivity contribution is 6.06. The Morgan fingerprint density at radius 1 is 1.16 bits per heavy atom. The highest BCUT2D eigenvalue weighted by Gasteiger charge is 2.26. The van der Waals surface area contributed by atoms with E-state index in [1.807, 2.05) is 0 Å². The number of nitrogens with one attached hydrogen (secondary N) is 1. The third kappa shape index (κ3) is 6.43. The normalized spacial score (nSPS) is 11.9. The van der Waals surface area contributed by atoms with Crippen LogP contribution >= 0.6 is 0 Å². The van der Waals surface area contributed by atoms with E-state index in [1.54, 1.807) is 52.8 Å². The Morgan fingerprint density at radius 2 is 1.84 bits per heavy atom. The van der Waals surface area contributed by atoms with Crippen molar-refractivity contribution in [2.24, 2.45) is 5.41 Å². The van der Waals surface area contributed by atoms with Gasteiger partial charge >= 0.3 is 5.97 Å². The number of benzene rings is 2. The summed E-state index contributed by atoms with van der Waals surface area (Å²) in [4.78, 5) is 35.3. The number of hydrogen-bond donors (Lipinski definition) is 1. The third-order valence-electron chi connectivity index (χ3n) is 4.01. The van der Waals surface area contributed by atoms with Crippen molar-refractivity contribution in [1.29, 1.82) is 0 Å². The molecule has 0 radical (unpaired) electrons. The van der Waals surface area contributed by atoms with Gasteiger partial charge in [-0.25, -0.2) is 0 Å². The highest BCUT2D eigenvalue weighted by Crippen LogP contribution is 2.33. The van der Waals surface area contributed by atoms with Crippen LogP contribution < -0.4 is 14.8 Å². The number of amides is 1. The van der Waals surface area contributed by atoms with Gasteiger partial charge in [0.25, 0.3) is 11.6 Å². The van der Waals surface area contributed by atoms with E-state index in [-0.39, 0.29) is 35.0 Å². The Balaban J connectivity index is 2.26. The molecule has 0 aliphatic carbocycles. The topological polar surface area (TPSA) is 117 Å². The monoisotopic (exact) mass is 430 g/mol. The summed E-state index contributed by atoms with van der Waals surface area (Å²) >= 11 is 0. The van der Waals surface area contributed by atoms with Gasteiger partial charge in [0.15, 0.2) is 11.5 Å². The van der Waals surface area contributed by atoms with E-state index in [4.69, 9.17) is 14.2 Å². The number of carbonyl (C=O) groups excluding carboxylic acids is 2. The van der Waals surface area contributed by atoms with Crippen LogP contribution in [0.4, 0.5) is 11.4 Å². The lowest BCUT2D eigenvalue weighted by Gasteiger charge is -2.23. The van der Waals surface area contributed by atoms with Gasteiger partial charge in [0.1, 0.15) is 0 Å². The van der Waals surface area contributed by atoms with Crippen molar-refractivity contribution in [2.45, 2.75) is 40.9 Å². The second kappa shape index (κ2) is 9.92. The predicted octanol–water partition coefficient (Wildman–Crippen LogP) is 4.56. The van der Waals surface area contributed by atoms with Crippen LogP contribution in [0.1, 0.15) is 45.0 Å². The number of carbonyl (C=O) groups is 2. The van der Waals surface area contributed by atoms with E-state index >= 15 is 0 Å². The molecule has 0 fully saturated rings. The molecule has 2 aromatic rings. The molecule has 1 amide bonds. The van der Waals surface area contributed by atoms with Gasteiger partial charge in [-0.2, -0.15) is 0 Å². The molecule has 166 valence electrons. The first kappa shape index (κ1) is 23.7. The van der Waals surface area contributed by atoms with E-state index in [9.17, 15) is 19.7 Å². The zero-order valence-corrected chi connectivity index (χ0v) is 18.1. The summed E-state index contributed by atoms with van der Waals surface area (Å²) in [5.41, 5.74) is -0.407. The Morgan fingerprint density at radius 3 is 2.45 bits per heavy atom. The van der Waals surface area contributed by atoms with Crippen LogP contribution in [0.25, 0.3) is 0 Å². The molecule has 0 aliphatic rings. The standard InChI is InChI=1S/C22H26N2O7/c1-6-29-19-17(20(25)23-15-9-7-10-16(13-15)24(27)28)11-8-12-18(19)30-14(2)31-21(26)22(3,4)5/h7-14H,6H2,1-5H3,(H,23,25). The van der Waals surface area contributed by atoms with Crippen LogP contribution in [-0.4, -0.2) is 29.7 Å². The minimum absolute atomic E-state index is 0.144. The van der Waals surface area contributed by atoms with E-state index in [2.05, 4.69) is 5.32 Å². The third-order valence-corrected chi connectivity index (χ3v) is 4.01. The number of non-ortho nitro benzene ring substituents is 1. The maximum atomic E-state index is 12.8. The Kier molecular flexibility index (Phi) is 7.57. The Hall–Kier alpha value is -3.62. The van der Waals surface area contributed by atoms with Crippen LogP contribution in [0, 0.1) is 15.5 Å². The predicted molar refractivity (Wildman–Crippen MR) is 114 cm³/mol. The van der Waals surface area contributed by atoms with Crippen molar-refractivity contribution < 1.29 is 28.7 Å². The maximum absolute atomic E-state index is 12.8. The second-order valence-corrected chi connectivity index (χ2v) is 7.67. The Labute approximate surface area is 180 Å². The molecule has 0 spiro atoms. The summed E-state index contributed by atoms with van der Waals surface area (Å²) in [6.45, 7) is 8.76. The quantitative estimate of drug-likeness (QED) is 0.282. The number of nitrogens with zero attached hydrogens (tertiary/aromatic N) is 1. The molecule has 0 saturated carbocycles. The summed E-state index contributed by atoms with van der Waals surface area (Å²) in [6, 6.07) is 10.3. The Bertz CT molecular complexity index is 967. The molecule has 0 bridgehead atoms. The molecule has 0 aromatic heterocycles. The smallest absolute Gasteiger partial charge is 0.314 e. The van der Waals surface area contributed by atoms with Crippen LogP contribution in [0.2, 0.25) is 0 Å². The lowest BCUT2D eigenvalue weighted by molar-refractivity contribution is -0.384. The van der Waals surface area contributed by atoms with Gasteiger partial charge < -0.3 is 19.5 Å². The molecule has 2 rings (SSSR count). The van der Waals surface area contributed by atoms with E-state index in [0.717, 1.165) is 0 Å². The average Bonchev–Trinajstić information content (AvgIpc) is 2.68. The number of anilines is 1. The molecule has 1 N–H and O–H groups in total. The minimum atomic E-state index is -0.916. The summed E-state index contributed by atoms with van der Waals surface area (Å²) in [6.07, 6.45) is -0.916. The molecule has 0 heterocycles. The van der Waals surface area contributed by atoms with Gasteiger partial charge in [-0.05, 0) is 45.9 Å². The number of esters is 1. The number of rotatable bonds is 8. The number of nitro groups is 1. The maximum Gasteiger partial charge on any atom is 0.314 e. The fourth-order valence-electron chi connectivity index (χ4n) is 2.51. The van der Waals surface area contributed by atoms with E-state index < -0.39 is 28.5 Å².